The van der Waals surface area contributed by atoms with E-state index >= 15 is 0 Å². The smallest absolute Gasteiger partial charge is 0.267 e. The summed E-state index contributed by atoms with van der Waals surface area (Å²) < 4.78 is 29.3. The Balaban J connectivity index is 3.24. The molecule has 0 atom stereocenters. The van der Waals surface area contributed by atoms with Gasteiger partial charge < -0.3 is 4.74 Å². The predicted octanol–water partition coefficient (Wildman–Crippen LogP) is 0.130. The van der Waals surface area contributed by atoms with Gasteiger partial charge in [0, 0.05) is 0 Å². The molecule has 14 heavy (non-hydrogen) atoms. The molecule has 6 heteroatoms. The van der Waals surface area contributed by atoms with Crippen LogP contribution in [-0.4, -0.2) is 21.9 Å². The highest BCUT2D eigenvalue weighted by Crippen LogP contribution is 2.21. The van der Waals surface area contributed by atoms with Crippen LogP contribution in [-0.2, 0) is 14.8 Å². The van der Waals surface area contributed by atoms with E-state index in [1.54, 1.807) is 16.9 Å². The van der Waals surface area contributed by atoms with Crippen LogP contribution in [0.15, 0.2) is 29.2 Å². The van der Waals surface area contributed by atoms with Gasteiger partial charge in [0.2, 0.25) is 6.41 Å². The molecule has 1 amide bonds. The lowest BCUT2D eigenvalue weighted by atomic mass is 10.3. The van der Waals surface area contributed by atoms with Gasteiger partial charge in [-0.3, -0.25) is 9.52 Å². The minimum absolute atomic E-state index is 0.0606. The van der Waals surface area contributed by atoms with Crippen molar-refractivity contribution in [3.8, 4) is 5.75 Å². The number of nitrogens with one attached hydrogen (secondary N) is 1. The standard InChI is InChI=1S/C8H9NO4S/c1-13-7-4-2-3-5-8(7)14(11,12)9-6-10/h2-6H,1H3,(H,9,10). The fourth-order valence-electron chi connectivity index (χ4n) is 0.968. The first-order chi connectivity index (χ1) is 6.61. The Morgan fingerprint density at radius 3 is 2.57 bits per heavy atom. The van der Waals surface area contributed by atoms with Crippen LogP contribution in [0.1, 0.15) is 0 Å². The van der Waals surface area contributed by atoms with Crippen molar-refractivity contribution in [2.45, 2.75) is 4.90 Å². The number of hydrogen-bond donors (Lipinski definition) is 1. The van der Waals surface area contributed by atoms with Crippen molar-refractivity contribution in [3.63, 3.8) is 0 Å². The molecule has 1 aromatic rings. The van der Waals surface area contributed by atoms with Gasteiger partial charge in [-0.05, 0) is 12.1 Å². The topological polar surface area (TPSA) is 72.5 Å². The van der Waals surface area contributed by atoms with Crippen LogP contribution in [0.3, 0.4) is 0 Å². The van der Waals surface area contributed by atoms with Crippen molar-refractivity contribution < 1.29 is 17.9 Å². The zero-order valence-corrected chi connectivity index (χ0v) is 8.24. The number of ether oxygens (including phenoxy) is 1. The maximum atomic E-state index is 11.4. The summed E-state index contributed by atoms with van der Waals surface area (Å²) in [5.74, 6) is 0.196. The molecule has 1 aromatic carbocycles. The van der Waals surface area contributed by atoms with Crippen molar-refractivity contribution in [2.24, 2.45) is 0 Å². The second kappa shape index (κ2) is 4.10. The van der Waals surface area contributed by atoms with Crippen molar-refractivity contribution in [3.05, 3.63) is 24.3 Å². The average Bonchev–Trinajstić information content (AvgIpc) is 2.18. The Morgan fingerprint density at radius 1 is 1.36 bits per heavy atom. The maximum absolute atomic E-state index is 11.4. The molecule has 0 heterocycles. The van der Waals surface area contributed by atoms with Crippen molar-refractivity contribution in [1.29, 1.82) is 0 Å². The highest BCUT2D eigenvalue weighted by Gasteiger charge is 2.17. The Kier molecular flexibility index (Phi) is 3.08. The highest BCUT2D eigenvalue weighted by atomic mass is 32.2. The summed E-state index contributed by atoms with van der Waals surface area (Å²) in [6, 6.07) is 6.03. The zero-order chi connectivity index (χ0) is 10.6. The van der Waals surface area contributed by atoms with E-state index in [0.29, 0.717) is 0 Å². The number of carbonyl (C=O) groups is 1. The van der Waals surface area contributed by atoms with Crippen LogP contribution in [0.5, 0.6) is 5.75 Å². The van der Waals surface area contributed by atoms with E-state index in [9.17, 15) is 13.2 Å². The molecular formula is C8H9NO4S. The number of rotatable bonds is 4. The minimum atomic E-state index is -3.80. The number of amides is 1. The van der Waals surface area contributed by atoms with E-state index < -0.39 is 10.0 Å². The molecule has 0 aromatic heterocycles. The van der Waals surface area contributed by atoms with Gasteiger partial charge in [-0.2, -0.15) is 0 Å². The maximum Gasteiger partial charge on any atom is 0.267 e. The number of para-hydroxylation sites is 1. The van der Waals surface area contributed by atoms with Gasteiger partial charge >= 0.3 is 0 Å². The van der Waals surface area contributed by atoms with Crippen molar-refractivity contribution >= 4 is 16.4 Å². The second-order valence-electron chi connectivity index (χ2n) is 2.39. The van der Waals surface area contributed by atoms with E-state index in [2.05, 4.69) is 0 Å². The van der Waals surface area contributed by atoms with E-state index in [-0.39, 0.29) is 17.1 Å². The van der Waals surface area contributed by atoms with Crippen molar-refractivity contribution in [1.82, 2.24) is 4.72 Å². The molecule has 0 saturated heterocycles. The Morgan fingerprint density at radius 2 is 2.00 bits per heavy atom. The van der Waals surface area contributed by atoms with Gasteiger partial charge in [0.15, 0.2) is 0 Å². The van der Waals surface area contributed by atoms with Crippen LogP contribution in [0.4, 0.5) is 0 Å². The summed E-state index contributed by atoms with van der Waals surface area (Å²) in [6.45, 7) is 0. The van der Waals surface area contributed by atoms with Crippen LogP contribution in [0.25, 0.3) is 0 Å². The molecule has 0 aliphatic rings. The normalized spacial score (nSPS) is 10.6. The summed E-state index contributed by atoms with van der Waals surface area (Å²) in [6.07, 6.45) is 0.113. The fraction of sp³-hybridized carbons (Fsp3) is 0.125. The predicted molar refractivity (Wildman–Crippen MR) is 49.4 cm³/mol. The van der Waals surface area contributed by atoms with Gasteiger partial charge in [-0.1, -0.05) is 12.1 Å². The van der Waals surface area contributed by atoms with Crippen LogP contribution >= 0.6 is 0 Å². The molecule has 0 bridgehead atoms. The monoisotopic (exact) mass is 215 g/mol. The number of hydrogen-bond acceptors (Lipinski definition) is 4. The molecule has 76 valence electrons. The highest BCUT2D eigenvalue weighted by molar-refractivity contribution is 7.90. The Hall–Kier alpha value is -1.56. The first-order valence-corrected chi connectivity index (χ1v) is 5.19. The van der Waals surface area contributed by atoms with Gasteiger partial charge in [0.05, 0.1) is 7.11 Å². The van der Waals surface area contributed by atoms with Gasteiger partial charge in [-0.25, -0.2) is 8.42 Å². The van der Waals surface area contributed by atoms with E-state index in [4.69, 9.17) is 4.74 Å². The van der Waals surface area contributed by atoms with E-state index in [1.807, 2.05) is 0 Å². The van der Waals surface area contributed by atoms with Gasteiger partial charge in [0.1, 0.15) is 10.6 Å². The summed E-state index contributed by atoms with van der Waals surface area (Å²) >= 11 is 0. The van der Waals surface area contributed by atoms with E-state index in [1.165, 1.54) is 19.2 Å². The van der Waals surface area contributed by atoms with Crippen LogP contribution < -0.4 is 9.46 Å². The Labute approximate surface area is 81.7 Å². The largest absolute Gasteiger partial charge is 0.495 e. The molecule has 0 unspecified atom stereocenters. The number of benzene rings is 1. The third-order valence-electron chi connectivity index (χ3n) is 1.56. The molecule has 0 aliphatic carbocycles. The summed E-state index contributed by atoms with van der Waals surface area (Å²) in [4.78, 5) is 10.0. The third-order valence-corrected chi connectivity index (χ3v) is 2.88. The molecule has 0 saturated carbocycles. The second-order valence-corrected chi connectivity index (χ2v) is 4.07. The number of sulfonamides is 1. The molecule has 0 radical (unpaired) electrons. The van der Waals surface area contributed by atoms with Gasteiger partial charge in [0.25, 0.3) is 10.0 Å². The van der Waals surface area contributed by atoms with E-state index in [0.717, 1.165) is 0 Å². The zero-order valence-electron chi connectivity index (χ0n) is 7.43. The number of carbonyl (C=O) groups excluding carboxylic acids is 1. The van der Waals surface area contributed by atoms with Gasteiger partial charge in [-0.15, -0.1) is 0 Å². The molecule has 0 spiro atoms. The number of methoxy groups -OCH3 is 1. The minimum Gasteiger partial charge on any atom is -0.495 e. The summed E-state index contributed by atoms with van der Waals surface area (Å²) in [5, 5.41) is 0. The summed E-state index contributed by atoms with van der Waals surface area (Å²) in [7, 11) is -2.44. The lowest BCUT2D eigenvalue weighted by Gasteiger charge is -2.07. The molecule has 0 fully saturated rings. The van der Waals surface area contributed by atoms with Crippen LogP contribution in [0, 0.1) is 0 Å². The molecular weight excluding hydrogens is 206 g/mol. The third kappa shape index (κ3) is 2.02. The van der Waals surface area contributed by atoms with Crippen molar-refractivity contribution in [2.75, 3.05) is 7.11 Å². The average molecular weight is 215 g/mol. The lowest BCUT2D eigenvalue weighted by Crippen LogP contribution is -2.22. The summed E-state index contributed by atoms with van der Waals surface area (Å²) in [5.41, 5.74) is 0. The van der Waals surface area contributed by atoms with Crippen LogP contribution in [0.2, 0.25) is 0 Å². The first kappa shape index (κ1) is 10.5. The first-order valence-electron chi connectivity index (χ1n) is 3.71. The molecule has 5 nitrogen and oxygen atoms in total. The Bertz CT molecular complexity index is 427. The molecule has 0 aliphatic heterocycles. The molecule has 1 rings (SSSR count). The lowest BCUT2D eigenvalue weighted by molar-refractivity contribution is -0.108. The fourth-order valence-corrected chi connectivity index (χ4v) is 1.90. The SMILES string of the molecule is COc1ccccc1S(=O)(=O)NC=O. The quantitative estimate of drug-likeness (QED) is 0.724. The molecule has 1 N–H and O–H groups in total.